The zero-order chi connectivity index (χ0) is 18.8. The Labute approximate surface area is 166 Å². The molecule has 0 unspecified atom stereocenters. The molecule has 8 heteroatoms. The molecule has 0 fully saturated rings. The third kappa shape index (κ3) is 3.87. The first-order valence-corrected chi connectivity index (χ1v) is 10.4. The highest BCUT2D eigenvalue weighted by atomic mass is 32.2. The van der Waals surface area contributed by atoms with Gasteiger partial charge in [0.05, 0.1) is 11.9 Å². The van der Waals surface area contributed by atoms with Crippen molar-refractivity contribution in [1.82, 2.24) is 30.0 Å². The fourth-order valence-electron chi connectivity index (χ4n) is 2.78. The summed E-state index contributed by atoms with van der Waals surface area (Å²) in [4.78, 5) is 17.2. The quantitative estimate of drug-likeness (QED) is 0.491. The first-order chi connectivity index (χ1) is 13.1. The maximum atomic E-state index is 4.85. The minimum Gasteiger partial charge on any atom is -0.302 e. The first kappa shape index (κ1) is 18.1. The number of aryl methyl sites for hydroxylation is 1. The summed E-state index contributed by atoms with van der Waals surface area (Å²) in [7, 11) is 4.04. The summed E-state index contributed by atoms with van der Waals surface area (Å²) >= 11 is 3.14. The molecule has 0 aliphatic heterocycles. The Morgan fingerprint density at radius 1 is 1.11 bits per heavy atom. The Morgan fingerprint density at radius 3 is 2.63 bits per heavy atom. The molecule has 6 nitrogen and oxygen atoms in total. The van der Waals surface area contributed by atoms with Gasteiger partial charge in [-0.15, -0.1) is 16.4 Å². The lowest BCUT2D eigenvalue weighted by Crippen LogP contribution is -2.13. The molecule has 1 N–H and O–H groups in total. The number of hydrogen-bond acceptors (Lipinski definition) is 7. The summed E-state index contributed by atoms with van der Waals surface area (Å²) in [5.41, 5.74) is 2.32. The molecule has 3 heterocycles. The molecule has 1 aromatic carbocycles. The van der Waals surface area contributed by atoms with Crippen LogP contribution in [0.2, 0.25) is 0 Å². The lowest BCUT2D eigenvalue weighted by atomic mass is 10.1. The van der Waals surface area contributed by atoms with Crippen LogP contribution >= 0.6 is 23.1 Å². The van der Waals surface area contributed by atoms with Gasteiger partial charge in [0, 0.05) is 17.4 Å². The predicted octanol–water partition coefficient (Wildman–Crippen LogP) is 4.25. The number of nitrogens with zero attached hydrogens (tertiary/aromatic N) is 5. The number of benzene rings is 1. The van der Waals surface area contributed by atoms with E-state index in [-0.39, 0.29) is 0 Å². The molecule has 27 heavy (non-hydrogen) atoms. The van der Waals surface area contributed by atoms with Crippen LogP contribution in [0.25, 0.3) is 21.3 Å². The number of thiophene rings is 1. The van der Waals surface area contributed by atoms with E-state index in [2.05, 4.69) is 56.7 Å². The maximum absolute atomic E-state index is 4.85. The van der Waals surface area contributed by atoms with Crippen LogP contribution in [0.1, 0.15) is 18.6 Å². The van der Waals surface area contributed by atoms with Crippen molar-refractivity contribution in [1.29, 1.82) is 0 Å². The van der Waals surface area contributed by atoms with Crippen molar-refractivity contribution in [3.8, 4) is 11.1 Å². The van der Waals surface area contributed by atoms with E-state index in [1.165, 1.54) is 17.3 Å². The SMILES string of the molecule is CCc1nc(Sc2nc(CN(C)C)nc3scc(-c4ccccc4)c23)n[nH]1. The van der Waals surface area contributed by atoms with Crippen molar-refractivity contribution in [3.63, 3.8) is 0 Å². The van der Waals surface area contributed by atoms with Gasteiger partial charge in [-0.05, 0) is 31.4 Å². The number of aromatic amines is 1. The molecule has 4 rings (SSSR count). The summed E-state index contributed by atoms with van der Waals surface area (Å²) in [5.74, 6) is 1.69. The number of H-pyrrole nitrogens is 1. The maximum Gasteiger partial charge on any atom is 0.214 e. The van der Waals surface area contributed by atoms with Gasteiger partial charge in [-0.25, -0.2) is 15.0 Å². The fraction of sp³-hybridized carbons (Fsp3) is 0.263. The Bertz CT molecular complexity index is 1050. The molecule has 0 saturated heterocycles. The van der Waals surface area contributed by atoms with Gasteiger partial charge in [-0.1, -0.05) is 37.3 Å². The number of rotatable bonds is 6. The molecule has 0 aliphatic rings. The first-order valence-electron chi connectivity index (χ1n) is 8.71. The molecule has 0 spiro atoms. The third-order valence-corrected chi connectivity index (χ3v) is 5.75. The second-order valence-electron chi connectivity index (χ2n) is 6.40. The van der Waals surface area contributed by atoms with Gasteiger partial charge >= 0.3 is 0 Å². The van der Waals surface area contributed by atoms with Crippen molar-refractivity contribution in [3.05, 3.63) is 47.4 Å². The largest absolute Gasteiger partial charge is 0.302 e. The summed E-state index contributed by atoms with van der Waals surface area (Å²) < 4.78 is 0. The third-order valence-electron chi connectivity index (χ3n) is 4.02. The van der Waals surface area contributed by atoms with E-state index >= 15 is 0 Å². The van der Waals surface area contributed by atoms with Crippen LogP contribution in [-0.4, -0.2) is 44.1 Å². The van der Waals surface area contributed by atoms with Gasteiger partial charge in [0.25, 0.3) is 0 Å². The Hall–Kier alpha value is -2.29. The lowest BCUT2D eigenvalue weighted by molar-refractivity contribution is 0.390. The van der Waals surface area contributed by atoms with Crippen LogP contribution in [0.5, 0.6) is 0 Å². The highest BCUT2D eigenvalue weighted by Gasteiger charge is 2.18. The minimum absolute atomic E-state index is 0.688. The van der Waals surface area contributed by atoms with Crippen molar-refractivity contribution in [2.75, 3.05) is 14.1 Å². The van der Waals surface area contributed by atoms with Crippen LogP contribution in [0, 0.1) is 0 Å². The van der Waals surface area contributed by atoms with Gasteiger partial charge in [-0.2, -0.15) is 0 Å². The van der Waals surface area contributed by atoms with Crippen molar-refractivity contribution >= 4 is 33.3 Å². The zero-order valence-corrected chi connectivity index (χ0v) is 17.1. The van der Waals surface area contributed by atoms with E-state index in [0.717, 1.165) is 38.9 Å². The molecular formula is C19H20N6S2. The molecule has 0 saturated carbocycles. The van der Waals surface area contributed by atoms with Crippen molar-refractivity contribution < 1.29 is 0 Å². The van der Waals surface area contributed by atoms with Gasteiger partial charge in [-0.3, -0.25) is 5.10 Å². The van der Waals surface area contributed by atoms with Gasteiger partial charge < -0.3 is 4.90 Å². The standard InChI is InChI=1S/C19H20N6S2/c1-4-14-22-19(24-23-14)27-18-16-13(12-8-6-5-7-9-12)11-26-17(16)20-15(21-18)10-25(2)3/h5-9,11H,4,10H2,1-3H3,(H,22,23,24). The minimum atomic E-state index is 0.688. The molecular weight excluding hydrogens is 376 g/mol. The molecule has 0 aliphatic carbocycles. The predicted molar refractivity (Wildman–Crippen MR) is 110 cm³/mol. The highest BCUT2D eigenvalue weighted by Crippen LogP contribution is 2.39. The smallest absolute Gasteiger partial charge is 0.214 e. The second-order valence-corrected chi connectivity index (χ2v) is 8.21. The van der Waals surface area contributed by atoms with Crippen LogP contribution < -0.4 is 0 Å². The monoisotopic (exact) mass is 396 g/mol. The van der Waals surface area contributed by atoms with E-state index in [1.54, 1.807) is 11.3 Å². The Balaban J connectivity index is 1.85. The van der Waals surface area contributed by atoms with E-state index in [4.69, 9.17) is 9.97 Å². The van der Waals surface area contributed by atoms with E-state index in [1.807, 2.05) is 20.2 Å². The Morgan fingerprint density at radius 2 is 1.93 bits per heavy atom. The number of hydrogen-bond donors (Lipinski definition) is 1. The van der Waals surface area contributed by atoms with Gasteiger partial charge in [0.2, 0.25) is 5.16 Å². The molecule has 4 aromatic rings. The topological polar surface area (TPSA) is 70.6 Å². The highest BCUT2D eigenvalue weighted by molar-refractivity contribution is 7.99. The molecule has 0 amide bonds. The lowest BCUT2D eigenvalue weighted by Gasteiger charge is -2.10. The van der Waals surface area contributed by atoms with Crippen molar-refractivity contribution in [2.45, 2.75) is 30.1 Å². The van der Waals surface area contributed by atoms with Crippen LogP contribution in [-0.2, 0) is 13.0 Å². The van der Waals surface area contributed by atoms with E-state index in [0.29, 0.717) is 11.7 Å². The number of fused-ring (bicyclic) bond motifs is 1. The summed E-state index contributed by atoms with van der Waals surface area (Å²) in [5, 5.41) is 12.1. The molecule has 3 aromatic heterocycles. The van der Waals surface area contributed by atoms with Crippen LogP contribution in [0.3, 0.4) is 0 Å². The zero-order valence-electron chi connectivity index (χ0n) is 15.4. The normalized spacial score (nSPS) is 11.6. The van der Waals surface area contributed by atoms with Crippen LogP contribution in [0.15, 0.2) is 45.9 Å². The molecule has 0 bridgehead atoms. The molecule has 0 atom stereocenters. The summed E-state index contributed by atoms with van der Waals surface area (Å²) in [6.07, 6.45) is 0.826. The average Bonchev–Trinajstić information content (AvgIpc) is 3.28. The second kappa shape index (κ2) is 7.75. The number of nitrogens with one attached hydrogen (secondary N) is 1. The Kier molecular flexibility index (Phi) is 5.20. The molecule has 138 valence electrons. The van der Waals surface area contributed by atoms with Crippen LogP contribution in [0.4, 0.5) is 0 Å². The summed E-state index contributed by atoms with van der Waals surface area (Å²) in [6.45, 7) is 2.75. The average molecular weight is 397 g/mol. The van der Waals surface area contributed by atoms with Crippen molar-refractivity contribution in [2.24, 2.45) is 0 Å². The van der Waals surface area contributed by atoms with E-state index in [9.17, 15) is 0 Å². The fourth-order valence-corrected chi connectivity index (χ4v) is 4.69. The summed E-state index contributed by atoms with van der Waals surface area (Å²) in [6, 6.07) is 10.4. The number of aromatic nitrogens is 5. The van der Waals surface area contributed by atoms with Gasteiger partial charge in [0.1, 0.15) is 21.5 Å². The van der Waals surface area contributed by atoms with E-state index < -0.39 is 0 Å². The van der Waals surface area contributed by atoms with Gasteiger partial charge in [0.15, 0.2) is 0 Å². The molecule has 0 radical (unpaired) electrons.